The molecule has 1 nitrogen and oxygen atoms in total. The molecule has 11 rings (SSSR count). The van der Waals surface area contributed by atoms with Crippen LogP contribution >= 0.6 is 0 Å². The fourth-order valence-corrected chi connectivity index (χ4v) is 10.5. The summed E-state index contributed by atoms with van der Waals surface area (Å²) in [5.41, 5.74) is 14.4. The molecule has 0 bridgehead atoms. The Morgan fingerprint density at radius 3 is 1.33 bits per heavy atom. The predicted molar refractivity (Wildman–Crippen MR) is 230 cm³/mol. The molecule has 3 atom stereocenters. The van der Waals surface area contributed by atoms with Crippen LogP contribution in [0.3, 0.4) is 0 Å². The van der Waals surface area contributed by atoms with Crippen LogP contribution in [0.15, 0.2) is 176 Å². The average molecular weight is 692 g/mol. The normalized spacial score (nSPS) is 19.2. The van der Waals surface area contributed by atoms with Gasteiger partial charge in [0.25, 0.3) is 0 Å². The van der Waals surface area contributed by atoms with Crippen molar-refractivity contribution in [1.29, 1.82) is 0 Å². The first-order valence-corrected chi connectivity index (χ1v) is 19.5. The lowest BCUT2D eigenvalue weighted by Crippen LogP contribution is -2.45. The molecule has 9 aromatic rings. The molecular formula is C53H41N. The summed E-state index contributed by atoms with van der Waals surface area (Å²) < 4.78 is 0. The zero-order chi connectivity index (χ0) is 36.0. The molecule has 0 saturated heterocycles. The minimum Gasteiger partial charge on any atom is -0.334 e. The van der Waals surface area contributed by atoms with Crippen molar-refractivity contribution < 1.29 is 0 Å². The molecule has 9 aromatic carbocycles. The van der Waals surface area contributed by atoms with Crippen molar-refractivity contribution in [3.63, 3.8) is 0 Å². The summed E-state index contributed by atoms with van der Waals surface area (Å²) in [5.74, 6) is 1.08. The molecule has 54 heavy (non-hydrogen) atoms. The molecule has 1 saturated carbocycles. The number of rotatable bonds is 5. The fourth-order valence-electron chi connectivity index (χ4n) is 10.5. The van der Waals surface area contributed by atoms with E-state index in [0.29, 0.717) is 11.8 Å². The standard InChI is InChI=1S/C53H41N/c1-34-23-29-49-48-31-38(24-30-50(48)54(53(34,49)2)39-21-13-6-14-22-39)47-33-46(37-19-11-5-12-20-37)42-26-25-40-44(35-15-7-3-8-16-35)32-45(36-17-9-4-10-18-36)41-27-28-43(47)52(42)51(40)41/h3-22,24-28,30-34,49H,23,29H2,1-2H3. The molecule has 0 aromatic heterocycles. The number of benzene rings is 9. The van der Waals surface area contributed by atoms with Crippen LogP contribution in [0.2, 0.25) is 0 Å². The molecule has 1 aliphatic heterocycles. The van der Waals surface area contributed by atoms with E-state index in [2.05, 4.69) is 195 Å². The third-order valence-electron chi connectivity index (χ3n) is 13.2. The Bertz CT molecular complexity index is 2780. The van der Waals surface area contributed by atoms with Gasteiger partial charge in [0.1, 0.15) is 0 Å². The fraction of sp³-hybridized carbons (Fsp3) is 0.132. The number of para-hydroxylation sites is 1. The third-order valence-corrected chi connectivity index (χ3v) is 13.2. The lowest BCUT2D eigenvalue weighted by molar-refractivity contribution is 0.355. The largest absolute Gasteiger partial charge is 0.334 e. The lowest BCUT2D eigenvalue weighted by Gasteiger charge is -2.41. The van der Waals surface area contributed by atoms with E-state index in [-0.39, 0.29) is 5.54 Å². The first-order valence-electron chi connectivity index (χ1n) is 19.5. The Morgan fingerprint density at radius 1 is 0.444 bits per heavy atom. The van der Waals surface area contributed by atoms with Gasteiger partial charge in [-0.25, -0.2) is 0 Å². The van der Waals surface area contributed by atoms with Gasteiger partial charge in [-0.05, 0) is 144 Å². The van der Waals surface area contributed by atoms with Crippen molar-refractivity contribution in [2.75, 3.05) is 4.90 Å². The van der Waals surface area contributed by atoms with Crippen molar-refractivity contribution in [3.05, 3.63) is 181 Å². The maximum Gasteiger partial charge on any atom is 0.0518 e. The van der Waals surface area contributed by atoms with E-state index < -0.39 is 0 Å². The zero-order valence-electron chi connectivity index (χ0n) is 30.8. The molecule has 1 aliphatic carbocycles. The van der Waals surface area contributed by atoms with E-state index in [1.54, 1.807) is 0 Å². The Kier molecular flexibility index (Phi) is 6.92. The quantitative estimate of drug-likeness (QED) is 0.162. The lowest BCUT2D eigenvalue weighted by atomic mass is 9.80. The SMILES string of the molecule is CC1CCC2c3cc(-c4cc(-c5ccccc5)c5ccc6c(-c7ccccc7)cc(-c7ccccc7)c7ccc4c5c67)ccc3N(c3ccccc3)C12C. The van der Waals surface area contributed by atoms with Gasteiger partial charge in [0.2, 0.25) is 0 Å². The van der Waals surface area contributed by atoms with Crippen molar-refractivity contribution >= 4 is 43.7 Å². The van der Waals surface area contributed by atoms with E-state index in [0.717, 1.165) is 0 Å². The van der Waals surface area contributed by atoms with Crippen molar-refractivity contribution in [1.82, 2.24) is 0 Å². The van der Waals surface area contributed by atoms with Crippen LogP contribution in [0.5, 0.6) is 0 Å². The van der Waals surface area contributed by atoms with Crippen LogP contribution in [-0.4, -0.2) is 5.54 Å². The van der Waals surface area contributed by atoms with Gasteiger partial charge in [0.05, 0.1) is 5.54 Å². The van der Waals surface area contributed by atoms with Crippen molar-refractivity contribution in [2.45, 2.75) is 38.1 Å². The van der Waals surface area contributed by atoms with Crippen molar-refractivity contribution in [2.24, 2.45) is 5.92 Å². The number of hydrogen-bond acceptors (Lipinski definition) is 1. The van der Waals surface area contributed by atoms with Crippen LogP contribution in [0.4, 0.5) is 11.4 Å². The molecule has 1 heterocycles. The summed E-state index contributed by atoms with van der Waals surface area (Å²) in [6, 6.07) is 65.8. The maximum atomic E-state index is 2.67. The first kappa shape index (κ1) is 31.4. The van der Waals surface area contributed by atoms with Gasteiger partial charge >= 0.3 is 0 Å². The van der Waals surface area contributed by atoms with Crippen LogP contribution in [0, 0.1) is 5.92 Å². The molecule has 1 heteroatoms. The number of anilines is 2. The second-order valence-electron chi connectivity index (χ2n) is 15.8. The van der Waals surface area contributed by atoms with Gasteiger partial charge in [0.15, 0.2) is 0 Å². The van der Waals surface area contributed by atoms with Crippen LogP contribution < -0.4 is 4.90 Å². The number of fused-ring (bicyclic) bond motifs is 3. The summed E-state index contributed by atoms with van der Waals surface area (Å²) in [6.07, 6.45) is 2.47. The first-order chi connectivity index (χ1) is 26.6. The molecule has 0 amide bonds. The zero-order valence-corrected chi connectivity index (χ0v) is 30.8. The van der Waals surface area contributed by atoms with Gasteiger partial charge in [0, 0.05) is 17.3 Å². The average Bonchev–Trinajstić information content (AvgIpc) is 3.68. The molecular weight excluding hydrogens is 651 g/mol. The molecule has 258 valence electrons. The van der Waals surface area contributed by atoms with Gasteiger partial charge in [-0.2, -0.15) is 0 Å². The molecule has 2 aliphatic rings. The van der Waals surface area contributed by atoms with E-state index in [4.69, 9.17) is 0 Å². The van der Waals surface area contributed by atoms with Gasteiger partial charge in [-0.3, -0.25) is 0 Å². The van der Waals surface area contributed by atoms with Gasteiger partial charge in [-0.15, -0.1) is 0 Å². The summed E-state index contributed by atoms with van der Waals surface area (Å²) in [5, 5.41) is 7.91. The third kappa shape index (κ3) is 4.45. The highest BCUT2D eigenvalue weighted by Crippen LogP contribution is 2.61. The Morgan fingerprint density at radius 2 is 0.870 bits per heavy atom. The molecule has 0 radical (unpaired) electrons. The van der Waals surface area contributed by atoms with Gasteiger partial charge in [-0.1, -0.05) is 146 Å². The molecule has 0 spiro atoms. The minimum atomic E-state index is 0.0435. The number of nitrogens with zero attached hydrogens (tertiary/aromatic N) is 1. The highest BCUT2D eigenvalue weighted by molar-refractivity contribution is 6.32. The predicted octanol–water partition coefficient (Wildman–Crippen LogP) is 14.7. The van der Waals surface area contributed by atoms with Crippen LogP contribution in [-0.2, 0) is 0 Å². The Labute approximate surface area is 317 Å². The summed E-state index contributed by atoms with van der Waals surface area (Å²) in [7, 11) is 0. The summed E-state index contributed by atoms with van der Waals surface area (Å²) in [4.78, 5) is 2.67. The smallest absolute Gasteiger partial charge is 0.0518 e. The minimum absolute atomic E-state index is 0.0435. The molecule has 0 N–H and O–H groups in total. The highest BCUT2D eigenvalue weighted by Gasteiger charge is 2.55. The highest BCUT2D eigenvalue weighted by atomic mass is 15.2. The summed E-state index contributed by atoms with van der Waals surface area (Å²) in [6.45, 7) is 4.98. The number of hydrogen-bond donors (Lipinski definition) is 0. The Balaban J connectivity index is 1.23. The maximum absolute atomic E-state index is 2.67. The van der Waals surface area contributed by atoms with E-state index in [1.165, 1.54) is 107 Å². The van der Waals surface area contributed by atoms with Crippen molar-refractivity contribution in [3.8, 4) is 44.5 Å². The van der Waals surface area contributed by atoms with E-state index in [9.17, 15) is 0 Å². The van der Waals surface area contributed by atoms with Crippen LogP contribution in [0.1, 0.15) is 38.2 Å². The monoisotopic (exact) mass is 691 g/mol. The van der Waals surface area contributed by atoms with Crippen LogP contribution in [0.25, 0.3) is 76.8 Å². The van der Waals surface area contributed by atoms with E-state index >= 15 is 0 Å². The van der Waals surface area contributed by atoms with Gasteiger partial charge < -0.3 is 4.90 Å². The second kappa shape index (κ2) is 11.9. The summed E-state index contributed by atoms with van der Waals surface area (Å²) >= 11 is 0. The molecule has 1 fully saturated rings. The van der Waals surface area contributed by atoms with E-state index in [1.807, 2.05) is 0 Å². The topological polar surface area (TPSA) is 3.24 Å². The second-order valence-corrected chi connectivity index (χ2v) is 15.8. The Hall–Kier alpha value is -6.18. The molecule has 3 unspecified atom stereocenters.